The lowest BCUT2D eigenvalue weighted by molar-refractivity contribution is 0.0600. The van der Waals surface area contributed by atoms with Crippen molar-refractivity contribution in [3.8, 4) is 11.5 Å². The summed E-state index contributed by atoms with van der Waals surface area (Å²) in [5, 5.41) is 0. The molecule has 0 N–H and O–H groups in total. The maximum absolute atomic E-state index is 11.6. The third-order valence-electron chi connectivity index (χ3n) is 3.45. The minimum atomic E-state index is -0.391. The van der Waals surface area contributed by atoms with E-state index >= 15 is 0 Å². The van der Waals surface area contributed by atoms with E-state index in [-0.39, 0.29) is 0 Å². The number of para-hydroxylation sites is 2. The van der Waals surface area contributed by atoms with Crippen LogP contribution >= 0.6 is 0 Å². The van der Waals surface area contributed by atoms with E-state index in [9.17, 15) is 4.79 Å². The zero-order chi connectivity index (χ0) is 16.2. The summed E-state index contributed by atoms with van der Waals surface area (Å²) in [6.07, 6.45) is 3.40. The minimum absolute atomic E-state index is 0.298. The highest BCUT2D eigenvalue weighted by molar-refractivity contribution is 5.89. The lowest BCUT2D eigenvalue weighted by atomic mass is 10.3. The smallest absolute Gasteiger partial charge is 0.339 e. The molecule has 1 aromatic carbocycles. The molecule has 0 aliphatic heterocycles. The number of aromatic nitrogens is 2. The van der Waals surface area contributed by atoms with Crippen molar-refractivity contribution in [2.24, 2.45) is 0 Å². The lowest BCUT2D eigenvalue weighted by Gasteiger charge is -2.10. The number of hydrogen-bond acceptors (Lipinski definition) is 5. The number of nitrogens with zero attached hydrogens (tertiary/aromatic N) is 2. The van der Waals surface area contributed by atoms with Crippen LogP contribution in [-0.2, 0) is 11.3 Å². The molecule has 2 heterocycles. The van der Waals surface area contributed by atoms with Crippen LogP contribution in [0.4, 0.5) is 0 Å². The van der Waals surface area contributed by atoms with Crippen LogP contribution in [0.1, 0.15) is 16.1 Å². The number of imidazole rings is 1. The molecule has 0 aliphatic carbocycles. The molecule has 0 atom stereocenters. The molecule has 3 rings (SSSR count). The van der Waals surface area contributed by atoms with Gasteiger partial charge in [0.2, 0.25) is 0 Å². The molecular formula is C17H16N2O4. The molecule has 0 radical (unpaired) electrons. The van der Waals surface area contributed by atoms with E-state index in [1.807, 2.05) is 28.7 Å². The highest BCUT2D eigenvalue weighted by Gasteiger charge is 2.10. The number of fused-ring (bicyclic) bond motifs is 1. The molecule has 3 aromatic rings. The Morgan fingerprint density at radius 1 is 1.13 bits per heavy atom. The van der Waals surface area contributed by atoms with Gasteiger partial charge in [0.25, 0.3) is 0 Å². The Balaban J connectivity index is 1.86. The van der Waals surface area contributed by atoms with Gasteiger partial charge in [-0.25, -0.2) is 9.78 Å². The van der Waals surface area contributed by atoms with Crippen molar-refractivity contribution in [2.75, 3.05) is 14.2 Å². The van der Waals surface area contributed by atoms with Gasteiger partial charge in [-0.05, 0) is 24.3 Å². The molecule has 0 unspecified atom stereocenters. The van der Waals surface area contributed by atoms with Crippen LogP contribution in [0.15, 0.2) is 48.8 Å². The van der Waals surface area contributed by atoms with Crippen molar-refractivity contribution in [3.63, 3.8) is 0 Å². The van der Waals surface area contributed by atoms with Gasteiger partial charge in [-0.3, -0.25) is 4.40 Å². The average molecular weight is 312 g/mol. The summed E-state index contributed by atoms with van der Waals surface area (Å²) in [4.78, 5) is 15.9. The van der Waals surface area contributed by atoms with E-state index in [4.69, 9.17) is 14.2 Å². The SMILES string of the molecule is COC(=O)c1ccc2ncc(COc3ccccc3OC)n2c1. The van der Waals surface area contributed by atoms with Crippen LogP contribution in [0.25, 0.3) is 5.65 Å². The van der Waals surface area contributed by atoms with Crippen LogP contribution in [0.5, 0.6) is 11.5 Å². The molecule has 6 heteroatoms. The third kappa shape index (κ3) is 2.96. The first-order valence-electron chi connectivity index (χ1n) is 7.03. The number of rotatable bonds is 5. The number of hydrogen-bond donors (Lipinski definition) is 0. The fraction of sp³-hybridized carbons (Fsp3) is 0.176. The Labute approximate surface area is 133 Å². The van der Waals surface area contributed by atoms with E-state index in [1.54, 1.807) is 31.6 Å². The number of esters is 1. The number of benzene rings is 1. The summed E-state index contributed by atoms with van der Waals surface area (Å²) >= 11 is 0. The Kier molecular flexibility index (Phi) is 4.14. The van der Waals surface area contributed by atoms with Gasteiger partial charge in [-0.2, -0.15) is 0 Å². The molecule has 0 bridgehead atoms. The summed E-state index contributed by atoms with van der Waals surface area (Å²) in [5.41, 5.74) is 2.00. The lowest BCUT2D eigenvalue weighted by Crippen LogP contribution is -2.05. The highest BCUT2D eigenvalue weighted by Crippen LogP contribution is 2.26. The van der Waals surface area contributed by atoms with Gasteiger partial charge in [0.15, 0.2) is 11.5 Å². The van der Waals surface area contributed by atoms with E-state index < -0.39 is 5.97 Å². The molecule has 2 aromatic heterocycles. The standard InChI is InChI=1S/C17H16N2O4/c1-21-14-5-3-4-6-15(14)23-11-13-9-18-16-8-7-12(10-19(13)16)17(20)22-2/h3-10H,11H2,1-2H3. The van der Waals surface area contributed by atoms with Crippen molar-refractivity contribution < 1.29 is 19.0 Å². The minimum Gasteiger partial charge on any atom is -0.493 e. The van der Waals surface area contributed by atoms with Gasteiger partial charge in [0.1, 0.15) is 12.3 Å². The van der Waals surface area contributed by atoms with Crippen molar-refractivity contribution in [1.82, 2.24) is 9.38 Å². The molecule has 0 saturated carbocycles. The zero-order valence-corrected chi connectivity index (χ0v) is 12.9. The molecular weight excluding hydrogens is 296 g/mol. The normalized spacial score (nSPS) is 10.5. The molecule has 0 saturated heterocycles. The van der Waals surface area contributed by atoms with Crippen LogP contribution < -0.4 is 9.47 Å². The zero-order valence-electron chi connectivity index (χ0n) is 12.9. The van der Waals surface area contributed by atoms with Crippen LogP contribution in [-0.4, -0.2) is 29.6 Å². The Morgan fingerprint density at radius 2 is 1.91 bits per heavy atom. The highest BCUT2D eigenvalue weighted by atomic mass is 16.5. The van der Waals surface area contributed by atoms with Gasteiger partial charge in [0.05, 0.1) is 31.7 Å². The first-order valence-corrected chi connectivity index (χ1v) is 7.03. The fourth-order valence-corrected chi connectivity index (χ4v) is 2.27. The summed E-state index contributed by atoms with van der Waals surface area (Å²) in [6, 6.07) is 10.9. The second kappa shape index (κ2) is 6.39. The average Bonchev–Trinajstić information content (AvgIpc) is 3.01. The van der Waals surface area contributed by atoms with E-state index in [0.717, 1.165) is 11.3 Å². The van der Waals surface area contributed by atoms with E-state index in [0.29, 0.717) is 23.7 Å². The summed E-state index contributed by atoms with van der Waals surface area (Å²) in [7, 11) is 2.95. The second-order valence-corrected chi connectivity index (χ2v) is 4.83. The van der Waals surface area contributed by atoms with Crippen LogP contribution in [0, 0.1) is 0 Å². The molecule has 6 nitrogen and oxygen atoms in total. The number of carbonyl (C=O) groups excluding carboxylic acids is 1. The first kappa shape index (κ1) is 14.9. The van der Waals surface area contributed by atoms with Gasteiger partial charge in [-0.1, -0.05) is 12.1 Å². The van der Waals surface area contributed by atoms with Gasteiger partial charge < -0.3 is 14.2 Å². The summed E-state index contributed by atoms with van der Waals surface area (Å²) < 4.78 is 17.6. The first-order chi connectivity index (χ1) is 11.2. The maximum Gasteiger partial charge on any atom is 0.339 e. The maximum atomic E-state index is 11.6. The Hall–Kier alpha value is -3.02. The van der Waals surface area contributed by atoms with Gasteiger partial charge >= 0.3 is 5.97 Å². The third-order valence-corrected chi connectivity index (χ3v) is 3.45. The van der Waals surface area contributed by atoms with Crippen molar-refractivity contribution in [3.05, 3.63) is 60.0 Å². The molecule has 0 amide bonds. The second-order valence-electron chi connectivity index (χ2n) is 4.83. The molecule has 23 heavy (non-hydrogen) atoms. The van der Waals surface area contributed by atoms with E-state index in [2.05, 4.69) is 4.98 Å². The number of carbonyl (C=O) groups is 1. The topological polar surface area (TPSA) is 62.1 Å². The molecule has 0 aliphatic rings. The monoisotopic (exact) mass is 312 g/mol. The largest absolute Gasteiger partial charge is 0.493 e. The summed E-state index contributed by atoms with van der Waals surface area (Å²) in [5.74, 6) is 0.919. The summed E-state index contributed by atoms with van der Waals surface area (Å²) in [6.45, 7) is 0.298. The predicted octanol–water partition coefficient (Wildman–Crippen LogP) is 2.71. The van der Waals surface area contributed by atoms with Crippen molar-refractivity contribution >= 4 is 11.6 Å². The van der Waals surface area contributed by atoms with E-state index in [1.165, 1.54) is 7.11 Å². The van der Waals surface area contributed by atoms with Crippen molar-refractivity contribution in [2.45, 2.75) is 6.61 Å². The quantitative estimate of drug-likeness (QED) is 0.678. The van der Waals surface area contributed by atoms with Crippen molar-refractivity contribution in [1.29, 1.82) is 0 Å². The molecule has 0 fully saturated rings. The Morgan fingerprint density at radius 3 is 2.65 bits per heavy atom. The van der Waals surface area contributed by atoms with Gasteiger partial charge in [0, 0.05) is 6.20 Å². The van der Waals surface area contributed by atoms with Crippen LogP contribution in [0.3, 0.4) is 0 Å². The fourth-order valence-electron chi connectivity index (χ4n) is 2.27. The Bertz CT molecular complexity index is 841. The number of methoxy groups -OCH3 is 2. The number of pyridine rings is 1. The number of ether oxygens (including phenoxy) is 3. The molecule has 0 spiro atoms. The molecule has 118 valence electrons. The predicted molar refractivity (Wildman–Crippen MR) is 83.9 cm³/mol. The van der Waals surface area contributed by atoms with Crippen LogP contribution in [0.2, 0.25) is 0 Å². The van der Waals surface area contributed by atoms with Gasteiger partial charge in [-0.15, -0.1) is 0 Å².